The van der Waals surface area contributed by atoms with Crippen molar-refractivity contribution in [1.29, 1.82) is 0 Å². The molecule has 1 N–H and O–H groups in total. The molecule has 1 heterocycles. The predicted octanol–water partition coefficient (Wildman–Crippen LogP) is 3.17. The molecule has 1 aromatic carbocycles. The Morgan fingerprint density at radius 1 is 1.25 bits per heavy atom. The predicted molar refractivity (Wildman–Crippen MR) is 87.7 cm³/mol. The molecule has 2 rings (SSSR count). The number of nitrogens with one attached hydrogen (secondary N) is 1. The largest absolute Gasteiger partial charge is 0.384 e. The topological polar surface area (TPSA) is 18.5 Å². The third kappa shape index (κ3) is 4.65. The summed E-state index contributed by atoms with van der Waals surface area (Å²) in [5, 5.41) is 4.23. The molecule has 1 atom stereocenters. The molecule has 1 aromatic rings. The first-order chi connectivity index (χ1) is 9.69. The van der Waals surface area contributed by atoms with Gasteiger partial charge in [0.1, 0.15) is 0 Å². The summed E-state index contributed by atoms with van der Waals surface area (Å²) in [6, 6.07) is 8.65. The van der Waals surface area contributed by atoms with Crippen molar-refractivity contribution in [2.45, 2.75) is 26.3 Å². The minimum atomic E-state index is 0.724. The molecule has 1 fully saturated rings. The first kappa shape index (κ1) is 15.6. The Kier molecular flexibility index (Phi) is 6.14. The summed E-state index contributed by atoms with van der Waals surface area (Å²) in [4.78, 5) is 5.14. The second-order valence-corrected chi connectivity index (χ2v) is 6.01. The monoisotopic (exact) mass is 295 g/mol. The molecule has 0 amide bonds. The summed E-state index contributed by atoms with van der Waals surface area (Å²) < 4.78 is 0. The van der Waals surface area contributed by atoms with Crippen molar-refractivity contribution in [1.82, 2.24) is 9.80 Å². The van der Waals surface area contributed by atoms with Crippen LogP contribution in [0.25, 0.3) is 0 Å². The molecule has 1 aliphatic heterocycles. The number of anilines is 1. The third-order valence-electron chi connectivity index (χ3n) is 4.20. The summed E-state index contributed by atoms with van der Waals surface area (Å²) in [5.41, 5.74) is 1.11. The number of hydrogen-bond acceptors (Lipinski definition) is 3. The Balaban J connectivity index is 1.66. The average molecular weight is 296 g/mol. The first-order valence-corrected chi connectivity index (χ1v) is 8.02. The maximum absolute atomic E-state index is 5.98. The van der Waals surface area contributed by atoms with Crippen LogP contribution in [-0.2, 0) is 0 Å². The zero-order valence-electron chi connectivity index (χ0n) is 12.6. The lowest BCUT2D eigenvalue weighted by Gasteiger charge is -2.37. The van der Waals surface area contributed by atoms with Crippen molar-refractivity contribution in [2.24, 2.45) is 0 Å². The van der Waals surface area contributed by atoms with Crippen LogP contribution in [0.2, 0.25) is 5.02 Å². The van der Waals surface area contributed by atoms with Gasteiger partial charge < -0.3 is 5.32 Å². The van der Waals surface area contributed by atoms with Crippen molar-refractivity contribution in [3.63, 3.8) is 0 Å². The fourth-order valence-electron chi connectivity index (χ4n) is 2.64. The number of nitrogens with zero attached hydrogens (tertiary/aromatic N) is 2. The molecule has 0 aromatic heterocycles. The summed E-state index contributed by atoms with van der Waals surface area (Å²) >= 11 is 5.98. The van der Waals surface area contributed by atoms with E-state index in [0.29, 0.717) is 0 Å². The summed E-state index contributed by atoms with van der Waals surface area (Å²) in [6.07, 6.45) is 1.25. The molecule has 1 unspecified atom stereocenters. The molecule has 4 heteroatoms. The van der Waals surface area contributed by atoms with E-state index in [1.165, 1.54) is 32.6 Å². The molecule has 20 heavy (non-hydrogen) atoms. The standard InChI is InChI=1S/C16H26ClN3/c1-3-14(2)20-11-9-19(10-12-20)8-7-18-16-6-4-5-15(17)13-16/h4-6,13-14,18H,3,7-12H2,1-2H3. The minimum Gasteiger partial charge on any atom is -0.384 e. The summed E-state index contributed by atoms with van der Waals surface area (Å²) in [5.74, 6) is 0. The summed E-state index contributed by atoms with van der Waals surface area (Å²) in [6.45, 7) is 11.4. The zero-order valence-corrected chi connectivity index (χ0v) is 13.4. The SMILES string of the molecule is CCC(C)N1CCN(CCNc2cccc(Cl)c2)CC1. The minimum absolute atomic E-state index is 0.724. The highest BCUT2D eigenvalue weighted by molar-refractivity contribution is 6.30. The quantitative estimate of drug-likeness (QED) is 0.870. The molecule has 1 saturated heterocycles. The lowest BCUT2D eigenvalue weighted by Crippen LogP contribution is -2.50. The van der Waals surface area contributed by atoms with Crippen LogP contribution in [0, 0.1) is 0 Å². The van der Waals surface area contributed by atoms with E-state index in [9.17, 15) is 0 Å². The van der Waals surface area contributed by atoms with E-state index in [-0.39, 0.29) is 0 Å². The normalized spacial score (nSPS) is 18.9. The van der Waals surface area contributed by atoms with Crippen LogP contribution >= 0.6 is 11.6 Å². The maximum atomic E-state index is 5.98. The highest BCUT2D eigenvalue weighted by Gasteiger charge is 2.19. The molecule has 0 saturated carbocycles. The van der Waals surface area contributed by atoms with Gasteiger partial charge in [-0.05, 0) is 31.5 Å². The molecule has 112 valence electrons. The Morgan fingerprint density at radius 3 is 2.65 bits per heavy atom. The van der Waals surface area contributed by atoms with Gasteiger partial charge in [-0.2, -0.15) is 0 Å². The Bertz CT molecular complexity index is 402. The van der Waals surface area contributed by atoms with Gasteiger partial charge >= 0.3 is 0 Å². The Hall–Kier alpha value is -0.770. The number of benzene rings is 1. The van der Waals surface area contributed by atoms with Crippen molar-refractivity contribution in [3.8, 4) is 0 Å². The Labute approximate surface area is 127 Å². The fraction of sp³-hybridized carbons (Fsp3) is 0.625. The van der Waals surface area contributed by atoms with Crippen LogP contribution in [-0.4, -0.2) is 55.1 Å². The average Bonchev–Trinajstić information content (AvgIpc) is 2.47. The van der Waals surface area contributed by atoms with Crippen molar-refractivity contribution in [2.75, 3.05) is 44.6 Å². The second-order valence-electron chi connectivity index (χ2n) is 5.57. The lowest BCUT2D eigenvalue weighted by atomic mass is 10.2. The zero-order chi connectivity index (χ0) is 14.4. The van der Waals surface area contributed by atoms with Crippen LogP contribution in [0.3, 0.4) is 0 Å². The smallest absolute Gasteiger partial charge is 0.0426 e. The van der Waals surface area contributed by atoms with Crippen LogP contribution in [0.5, 0.6) is 0 Å². The van der Waals surface area contributed by atoms with Gasteiger partial charge in [0.25, 0.3) is 0 Å². The van der Waals surface area contributed by atoms with E-state index in [4.69, 9.17) is 11.6 Å². The molecule has 0 aliphatic carbocycles. The van der Waals surface area contributed by atoms with Crippen molar-refractivity contribution >= 4 is 17.3 Å². The van der Waals surface area contributed by atoms with Gasteiger partial charge in [-0.3, -0.25) is 9.80 Å². The van der Waals surface area contributed by atoms with E-state index in [1.807, 2.05) is 18.2 Å². The third-order valence-corrected chi connectivity index (χ3v) is 4.44. The molecule has 3 nitrogen and oxygen atoms in total. The maximum Gasteiger partial charge on any atom is 0.0426 e. The highest BCUT2D eigenvalue weighted by atomic mass is 35.5. The van der Waals surface area contributed by atoms with E-state index in [1.54, 1.807) is 0 Å². The second kappa shape index (κ2) is 7.87. The fourth-order valence-corrected chi connectivity index (χ4v) is 2.83. The van der Waals surface area contributed by atoms with Crippen molar-refractivity contribution < 1.29 is 0 Å². The van der Waals surface area contributed by atoms with Gasteiger partial charge in [0.05, 0.1) is 0 Å². The van der Waals surface area contributed by atoms with Crippen LogP contribution in [0.1, 0.15) is 20.3 Å². The number of halogens is 1. The lowest BCUT2D eigenvalue weighted by molar-refractivity contribution is 0.103. The van der Waals surface area contributed by atoms with E-state index in [2.05, 4.69) is 35.0 Å². The van der Waals surface area contributed by atoms with E-state index < -0.39 is 0 Å². The van der Waals surface area contributed by atoms with Crippen LogP contribution in [0.15, 0.2) is 24.3 Å². The van der Waals surface area contributed by atoms with Gasteiger partial charge in [-0.1, -0.05) is 24.6 Å². The van der Waals surface area contributed by atoms with Crippen LogP contribution in [0.4, 0.5) is 5.69 Å². The summed E-state index contributed by atoms with van der Waals surface area (Å²) in [7, 11) is 0. The first-order valence-electron chi connectivity index (χ1n) is 7.65. The van der Waals surface area contributed by atoms with Crippen LogP contribution < -0.4 is 5.32 Å². The molecule has 0 bridgehead atoms. The van der Waals surface area contributed by atoms with Gasteiger partial charge in [0.15, 0.2) is 0 Å². The number of piperazine rings is 1. The molecular formula is C16H26ClN3. The van der Waals surface area contributed by atoms with E-state index in [0.717, 1.165) is 29.8 Å². The highest BCUT2D eigenvalue weighted by Crippen LogP contribution is 2.14. The molecule has 1 aliphatic rings. The van der Waals surface area contributed by atoms with E-state index >= 15 is 0 Å². The van der Waals surface area contributed by atoms with Gasteiger partial charge in [0, 0.05) is 56.0 Å². The van der Waals surface area contributed by atoms with Gasteiger partial charge in [0.2, 0.25) is 0 Å². The molecule has 0 spiro atoms. The number of hydrogen-bond donors (Lipinski definition) is 1. The number of rotatable bonds is 6. The Morgan fingerprint density at radius 2 is 2.00 bits per heavy atom. The van der Waals surface area contributed by atoms with Gasteiger partial charge in [-0.15, -0.1) is 0 Å². The van der Waals surface area contributed by atoms with Gasteiger partial charge in [-0.25, -0.2) is 0 Å². The van der Waals surface area contributed by atoms with Crippen molar-refractivity contribution in [3.05, 3.63) is 29.3 Å². The molecular weight excluding hydrogens is 270 g/mol. The molecule has 0 radical (unpaired) electrons.